The quantitative estimate of drug-likeness (QED) is 0.525. The summed E-state index contributed by atoms with van der Waals surface area (Å²) in [5.74, 6) is 0.926. The van der Waals surface area contributed by atoms with Gasteiger partial charge in [-0.05, 0) is 23.9 Å². The third kappa shape index (κ3) is 4.51. The largest absolute Gasteiger partial charge is 0.354 e. The summed E-state index contributed by atoms with van der Waals surface area (Å²) in [7, 11) is 0. The molecule has 2 N–H and O–H groups in total. The van der Waals surface area contributed by atoms with Crippen LogP contribution < -0.4 is 10.6 Å². The van der Waals surface area contributed by atoms with Gasteiger partial charge in [0, 0.05) is 22.9 Å². The summed E-state index contributed by atoms with van der Waals surface area (Å²) in [5.41, 5.74) is -0.453. The number of rotatable bonds is 8. The van der Waals surface area contributed by atoms with Crippen molar-refractivity contribution in [2.24, 2.45) is 0 Å². The molecule has 0 saturated carbocycles. The van der Waals surface area contributed by atoms with Crippen molar-refractivity contribution in [1.82, 2.24) is 15.5 Å². The fraction of sp³-hybridized carbons (Fsp3) is 0.316. The number of carbonyl (C=O) groups excluding carboxylic acids is 3. The number of nitrogens with one attached hydrogen (secondary N) is 2. The van der Waals surface area contributed by atoms with Crippen LogP contribution in [0.3, 0.4) is 0 Å². The molecule has 2 aromatic rings. The highest BCUT2D eigenvalue weighted by Crippen LogP contribution is 2.28. The van der Waals surface area contributed by atoms with E-state index in [0.717, 1.165) is 16.4 Å². The Morgan fingerprint density at radius 3 is 2.70 bits per heavy atom. The summed E-state index contributed by atoms with van der Waals surface area (Å²) >= 11 is 3.44. The van der Waals surface area contributed by atoms with Crippen molar-refractivity contribution < 1.29 is 14.4 Å². The predicted molar refractivity (Wildman–Crippen MR) is 108 cm³/mol. The van der Waals surface area contributed by atoms with E-state index in [9.17, 15) is 14.4 Å². The van der Waals surface area contributed by atoms with Crippen LogP contribution in [0.4, 0.5) is 4.79 Å². The van der Waals surface area contributed by atoms with Crippen LogP contribution in [0.5, 0.6) is 0 Å². The third-order valence-electron chi connectivity index (χ3n) is 4.32. The smallest absolute Gasteiger partial charge is 0.325 e. The predicted octanol–water partition coefficient (Wildman–Crippen LogP) is 2.56. The molecular weight excluding hydrogens is 382 g/mol. The Kier molecular flexibility index (Phi) is 6.18. The first-order chi connectivity index (χ1) is 13.0. The van der Waals surface area contributed by atoms with E-state index in [2.05, 4.69) is 16.7 Å². The number of carbonyl (C=O) groups is 3. The molecule has 0 radical (unpaired) electrons. The Balaban J connectivity index is 1.47. The Morgan fingerprint density at radius 1 is 1.22 bits per heavy atom. The maximum Gasteiger partial charge on any atom is 0.325 e. The Hall–Kier alpha value is -2.32. The van der Waals surface area contributed by atoms with E-state index in [1.54, 1.807) is 42.2 Å². The van der Waals surface area contributed by atoms with Gasteiger partial charge in [-0.1, -0.05) is 36.4 Å². The fourth-order valence-corrected chi connectivity index (χ4v) is 4.54. The van der Waals surface area contributed by atoms with E-state index in [0.29, 0.717) is 12.1 Å². The van der Waals surface area contributed by atoms with Crippen molar-refractivity contribution in [3.05, 3.63) is 58.3 Å². The van der Waals surface area contributed by atoms with Gasteiger partial charge in [0.05, 0.1) is 0 Å². The van der Waals surface area contributed by atoms with Gasteiger partial charge < -0.3 is 10.6 Å². The summed E-state index contributed by atoms with van der Waals surface area (Å²) < 4.78 is 0. The average molecular weight is 404 g/mol. The van der Waals surface area contributed by atoms with E-state index in [1.165, 1.54) is 4.88 Å². The van der Waals surface area contributed by atoms with Gasteiger partial charge in [0.25, 0.3) is 5.91 Å². The second-order valence-electron chi connectivity index (χ2n) is 6.29. The number of hydrogen-bond acceptors (Lipinski definition) is 5. The van der Waals surface area contributed by atoms with E-state index in [-0.39, 0.29) is 12.5 Å². The van der Waals surface area contributed by atoms with E-state index in [1.807, 2.05) is 29.6 Å². The molecule has 27 heavy (non-hydrogen) atoms. The molecule has 1 fully saturated rings. The lowest BCUT2D eigenvalue weighted by Crippen LogP contribution is -2.43. The highest BCUT2D eigenvalue weighted by molar-refractivity contribution is 7.98. The molecular formula is C19H21N3O3S2. The number of hydrogen-bond donors (Lipinski definition) is 2. The van der Waals surface area contributed by atoms with Gasteiger partial charge >= 0.3 is 6.03 Å². The number of imide groups is 1. The van der Waals surface area contributed by atoms with Crippen LogP contribution in [0.1, 0.15) is 17.4 Å². The number of urea groups is 1. The zero-order valence-corrected chi connectivity index (χ0v) is 16.6. The van der Waals surface area contributed by atoms with Crippen LogP contribution in [0.15, 0.2) is 47.8 Å². The molecule has 1 atom stereocenters. The van der Waals surface area contributed by atoms with Gasteiger partial charge in [-0.25, -0.2) is 4.79 Å². The summed E-state index contributed by atoms with van der Waals surface area (Å²) in [6.45, 7) is 1.87. The first kappa shape index (κ1) is 19.4. The standard InChI is InChI=1S/C19H21N3O3S2/c1-19(14-6-3-2-4-7-14)17(24)22(18(25)21-19)12-16(23)20-9-11-26-13-15-8-5-10-27-15/h2-8,10H,9,11-13H2,1H3,(H,20,23)(H,21,25)/t19-/m1/s1. The molecule has 1 aromatic heterocycles. The minimum absolute atomic E-state index is 0.275. The fourth-order valence-electron chi connectivity index (χ4n) is 2.84. The van der Waals surface area contributed by atoms with Crippen LogP contribution in [-0.4, -0.2) is 41.6 Å². The summed E-state index contributed by atoms with van der Waals surface area (Å²) in [6, 6.07) is 12.6. The van der Waals surface area contributed by atoms with Gasteiger partial charge in [0.2, 0.25) is 5.91 Å². The molecule has 0 aliphatic carbocycles. The molecule has 4 amide bonds. The second kappa shape index (κ2) is 8.58. The average Bonchev–Trinajstić information content (AvgIpc) is 3.25. The minimum Gasteiger partial charge on any atom is -0.354 e. The third-order valence-corrected chi connectivity index (χ3v) is 6.39. The Morgan fingerprint density at radius 2 is 2.00 bits per heavy atom. The van der Waals surface area contributed by atoms with Gasteiger partial charge in [0.1, 0.15) is 12.1 Å². The van der Waals surface area contributed by atoms with Crippen molar-refractivity contribution in [2.75, 3.05) is 18.8 Å². The molecule has 142 valence electrons. The number of benzene rings is 1. The topological polar surface area (TPSA) is 78.5 Å². The molecule has 0 bridgehead atoms. The van der Waals surface area contributed by atoms with E-state index < -0.39 is 17.5 Å². The molecule has 0 spiro atoms. The van der Waals surface area contributed by atoms with Gasteiger partial charge in [-0.15, -0.1) is 11.3 Å². The number of thioether (sulfide) groups is 1. The van der Waals surface area contributed by atoms with Crippen molar-refractivity contribution in [1.29, 1.82) is 0 Å². The zero-order chi connectivity index (χ0) is 19.3. The molecule has 8 heteroatoms. The Labute approximate surface area is 166 Å². The molecule has 1 aromatic carbocycles. The van der Waals surface area contributed by atoms with Crippen molar-refractivity contribution >= 4 is 40.9 Å². The first-order valence-corrected chi connectivity index (χ1v) is 10.6. The molecule has 6 nitrogen and oxygen atoms in total. The van der Waals surface area contributed by atoms with Crippen molar-refractivity contribution in [3.63, 3.8) is 0 Å². The molecule has 1 aliphatic heterocycles. The van der Waals surface area contributed by atoms with Crippen LogP contribution in [-0.2, 0) is 20.9 Å². The van der Waals surface area contributed by atoms with Gasteiger partial charge in [0.15, 0.2) is 0 Å². The lowest BCUT2D eigenvalue weighted by atomic mass is 9.92. The number of thiophene rings is 1. The molecule has 2 heterocycles. The number of amides is 4. The zero-order valence-electron chi connectivity index (χ0n) is 14.9. The van der Waals surface area contributed by atoms with Gasteiger partial charge in [-0.3, -0.25) is 14.5 Å². The normalized spacial score (nSPS) is 19.2. The monoisotopic (exact) mass is 403 g/mol. The highest BCUT2D eigenvalue weighted by atomic mass is 32.2. The minimum atomic E-state index is -1.14. The maximum absolute atomic E-state index is 12.7. The summed E-state index contributed by atoms with van der Waals surface area (Å²) in [5, 5.41) is 7.51. The lowest BCUT2D eigenvalue weighted by Gasteiger charge is -2.22. The van der Waals surface area contributed by atoms with Crippen LogP contribution >= 0.6 is 23.1 Å². The summed E-state index contributed by atoms with van der Waals surface area (Å²) in [6.07, 6.45) is 0. The van der Waals surface area contributed by atoms with Crippen molar-refractivity contribution in [3.8, 4) is 0 Å². The summed E-state index contributed by atoms with van der Waals surface area (Å²) in [4.78, 5) is 39.4. The first-order valence-electron chi connectivity index (χ1n) is 8.57. The van der Waals surface area contributed by atoms with Crippen LogP contribution in [0.2, 0.25) is 0 Å². The molecule has 1 aliphatic rings. The molecule has 1 saturated heterocycles. The SMILES string of the molecule is C[C@]1(c2ccccc2)NC(=O)N(CC(=O)NCCSCc2cccs2)C1=O. The molecule has 0 unspecified atom stereocenters. The number of nitrogens with zero attached hydrogens (tertiary/aromatic N) is 1. The highest BCUT2D eigenvalue weighted by Gasteiger charge is 2.49. The molecule has 3 rings (SSSR count). The van der Waals surface area contributed by atoms with Crippen LogP contribution in [0.25, 0.3) is 0 Å². The van der Waals surface area contributed by atoms with Gasteiger partial charge in [-0.2, -0.15) is 11.8 Å². The maximum atomic E-state index is 12.7. The lowest BCUT2D eigenvalue weighted by molar-refractivity contribution is -0.134. The van der Waals surface area contributed by atoms with Crippen molar-refractivity contribution in [2.45, 2.75) is 18.2 Å². The van der Waals surface area contributed by atoms with Crippen LogP contribution in [0, 0.1) is 0 Å². The van der Waals surface area contributed by atoms with E-state index >= 15 is 0 Å². The second-order valence-corrected chi connectivity index (χ2v) is 8.43. The Bertz CT molecular complexity index is 811. The van der Waals surface area contributed by atoms with E-state index in [4.69, 9.17) is 0 Å².